The van der Waals surface area contributed by atoms with Gasteiger partial charge in [0, 0.05) is 47.4 Å². The van der Waals surface area contributed by atoms with Crippen molar-refractivity contribution >= 4 is 40.2 Å². The van der Waals surface area contributed by atoms with Gasteiger partial charge in [0.2, 0.25) is 0 Å². The SMILES string of the molecule is COCCNC(=O)c1cc2cc(NC(=O)c3ccccc3SCc3ccccc3)ccc2n1Cc1ccc(F)cc1. The standard InChI is InChI=1S/C33H30FN3O3S/c1-40-18-17-35-33(39)30-20-25-19-27(15-16-29(25)37(30)21-23-11-13-26(34)14-12-23)36-32(38)28-9-5-6-10-31(28)41-22-24-7-3-2-4-8-24/h2-16,19-20H,17-18,21-22H2,1H3,(H,35,39)(H,36,38). The molecule has 0 radical (unpaired) electrons. The number of anilines is 1. The summed E-state index contributed by atoms with van der Waals surface area (Å²) in [7, 11) is 1.58. The lowest BCUT2D eigenvalue weighted by Crippen LogP contribution is -2.29. The van der Waals surface area contributed by atoms with Crippen LogP contribution in [0.5, 0.6) is 0 Å². The second-order valence-electron chi connectivity index (χ2n) is 9.49. The number of nitrogens with one attached hydrogen (secondary N) is 2. The summed E-state index contributed by atoms with van der Waals surface area (Å²) in [4.78, 5) is 27.3. The Labute approximate surface area is 242 Å². The maximum Gasteiger partial charge on any atom is 0.268 e. The molecule has 0 aliphatic carbocycles. The number of rotatable bonds is 11. The number of ether oxygens (including phenoxy) is 1. The average Bonchev–Trinajstić information content (AvgIpc) is 3.35. The number of carbonyl (C=O) groups is 2. The Bertz CT molecular complexity index is 1650. The molecule has 6 nitrogen and oxygen atoms in total. The molecule has 0 atom stereocenters. The van der Waals surface area contributed by atoms with Crippen molar-refractivity contribution in [1.82, 2.24) is 9.88 Å². The fourth-order valence-electron chi connectivity index (χ4n) is 4.55. The van der Waals surface area contributed by atoms with Gasteiger partial charge >= 0.3 is 0 Å². The minimum absolute atomic E-state index is 0.205. The van der Waals surface area contributed by atoms with Crippen molar-refractivity contribution in [3.05, 3.63) is 131 Å². The van der Waals surface area contributed by atoms with Crippen molar-refractivity contribution in [2.24, 2.45) is 0 Å². The van der Waals surface area contributed by atoms with Crippen molar-refractivity contribution in [1.29, 1.82) is 0 Å². The van der Waals surface area contributed by atoms with Crippen LogP contribution in [0.3, 0.4) is 0 Å². The molecule has 4 aromatic carbocycles. The smallest absolute Gasteiger partial charge is 0.268 e. The lowest BCUT2D eigenvalue weighted by Gasteiger charge is -2.12. The van der Waals surface area contributed by atoms with Gasteiger partial charge in [0.05, 0.1) is 12.2 Å². The summed E-state index contributed by atoms with van der Waals surface area (Å²) < 4.78 is 20.5. The van der Waals surface area contributed by atoms with E-state index in [9.17, 15) is 14.0 Å². The number of nitrogens with zero attached hydrogens (tertiary/aromatic N) is 1. The minimum atomic E-state index is -0.316. The number of carbonyl (C=O) groups excluding carboxylic acids is 2. The van der Waals surface area contributed by atoms with Crippen LogP contribution in [0.15, 0.2) is 108 Å². The number of halogens is 1. The van der Waals surface area contributed by atoms with Gasteiger partial charge in [-0.1, -0.05) is 54.6 Å². The zero-order chi connectivity index (χ0) is 28.6. The molecule has 2 amide bonds. The summed E-state index contributed by atoms with van der Waals surface area (Å²) in [5, 5.41) is 6.70. The maximum absolute atomic E-state index is 13.5. The number of thioether (sulfide) groups is 1. The molecule has 0 unspecified atom stereocenters. The molecule has 208 valence electrons. The third-order valence-corrected chi connectivity index (χ3v) is 7.75. The van der Waals surface area contributed by atoms with Crippen LogP contribution >= 0.6 is 11.8 Å². The van der Waals surface area contributed by atoms with E-state index in [2.05, 4.69) is 22.8 Å². The molecule has 0 aliphatic rings. The predicted octanol–water partition coefficient (Wildman–Crippen LogP) is 6.75. The molecule has 8 heteroatoms. The molecule has 0 spiro atoms. The summed E-state index contributed by atoms with van der Waals surface area (Å²) in [6.07, 6.45) is 0. The molecule has 5 rings (SSSR count). The van der Waals surface area contributed by atoms with E-state index in [0.717, 1.165) is 27.1 Å². The van der Waals surface area contributed by atoms with E-state index >= 15 is 0 Å². The summed E-state index contributed by atoms with van der Waals surface area (Å²) in [5.74, 6) is -0.00313. The third kappa shape index (κ3) is 7.03. The molecule has 1 aromatic heterocycles. The second kappa shape index (κ2) is 13.3. The van der Waals surface area contributed by atoms with Crippen LogP contribution in [0.2, 0.25) is 0 Å². The number of fused-ring (bicyclic) bond motifs is 1. The van der Waals surface area contributed by atoms with Crippen LogP contribution in [0.4, 0.5) is 10.1 Å². The summed E-state index contributed by atoms with van der Waals surface area (Å²) >= 11 is 1.62. The molecule has 0 aliphatic heterocycles. The van der Waals surface area contributed by atoms with E-state index in [1.165, 1.54) is 17.7 Å². The number of benzene rings is 4. The Hall–Kier alpha value is -4.40. The molecule has 1 heterocycles. The fourth-order valence-corrected chi connectivity index (χ4v) is 5.56. The molecule has 41 heavy (non-hydrogen) atoms. The van der Waals surface area contributed by atoms with Crippen LogP contribution < -0.4 is 10.6 Å². The molecular formula is C33H30FN3O3S. The van der Waals surface area contributed by atoms with Crippen LogP contribution in [-0.2, 0) is 17.0 Å². The van der Waals surface area contributed by atoms with Gasteiger partial charge in [-0.15, -0.1) is 11.8 Å². The van der Waals surface area contributed by atoms with Gasteiger partial charge in [0.1, 0.15) is 11.5 Å². The van der Waals surface area contributed by atoms with Crippen LogP contribution in [0, 0.1) is 5.82 Å². The first-order valence-electron chi connectivity index (χ1n) is 13.2. The first kappa shape index (κ1) is 28.1. The number of amides is 2. The van der Waals surface area contributed by atoms with E-state index in [1.54, 1.807) is 37.1 Å². The largest absolute Gasteiger partial charge is 0.383 e. The van der Waals surface area contributed by atoms with Crippen molar-refractivity contribution in [3.63, 3.8) is 0 Å². The Morgan fingerprint density at radius 2 is 1.61 bits per heavy atom. The molecule has 2 N–H and O–H groups in total. The highest BCUT2D eigenvalue weighted by atomic mass is 32.2. The van der Waals surface area contributed by atoms with Gasteiger partial charge in [0.15, 0.2) is 0 Å². The number of hydrogen-bond acceptors (Lipinski definition) is 4. The number of hydrogen-bond donors (Lipinski definition) is 2. The van der Waals surface area contributed by atoms with Gasteiger partial charge in [0.25, 0.3) is 11.8 Å². The molecule has 0 saturated heterocycles. The van der Waals surface area contributed by atoms with Gasteiger partial charge < -0.3 is 19.9 Å². The highest BCUT2D eigenvalue weighted by Crippen LogP contribution is 2.29. The Balaban J connectivity index is 1.39. The molecule has 0 saturated carbocycles. The topological polar surface area (TPSA) is 72.4 Å². The zero-order valence-electron chi connectivity index (χ0n) is 22.6. The van der Waals surface area contributed by atoms with Gasteiger partial charge in [-0.3, -0.25) is 9.59 Å². The molecule has 0 bridgehead atoms. The van der Waals surface area contributed by atoms with Crippen LogP contribution in [0.1, 0.15) is 32.0 Å². The summed E-state index contributed by atoms with van der Waals surface area (Å²) in [6, 6.07) is 31.3. The quantitative estimate of drug-likeness (QED) is 0.137. The Kier molecular flexibility index (Phi) is 9.13. The first-order valence-corrected chi connectivity index (χ1v) is 14.2. The fraction of sp³-hybridized carbons (Fsp3) is 0.152. The van der Waals surface area contributed by atoms with Gasteiger partial charge in [-0.05, 0) is 59.7 Å². The summed E-state index contributed by atoms with van der Waals surface area (Å²) in [6.45, 7) is 1.15. The third-order valence-electron chi connectivity index (χ3n) is 6.61. The van der Waals surface area contributed by atoms with Crippen LogP contribution in [-0.4, -0.2) is 36.6 Å². The lowest BCUT2D eigenvalue weighted by atomic mass is 10.2. The number of methoxy groups -OCH3 is 1. The van der Waals surface area contributed by atoms with Crippen molar-refractivity contribution in [2.45, 2.75) is 17.2 Å². The maximum atomic E-state index is 13.5. The monoisotopic (exact) mass is 567 g/mol. The Morgan fingerprint density at radius 1 is 0.854 bits per heavy atom. The first-order chi connectivity index (χ1) is 20.0. The number of aromatic nitrogens is 1. The van der Waals surface area contributed by atoms with E-state index in [0.29, 0.717) is 36.6 Å². The molecular weight excluding hydrogens is 537 g/mol. The molecule has 5 aromatic rings. The van der Waals surface area contributed by atoms with E-state index in [4.69, 9.17) is 4.74 Å². The van der Waals surface area contributed by atoms with Crippen molar-refractivity contribution in [3.8, 4) is 0 Å². The van der Waals surface area contributed by atoms with E-state index in [1.807, 2.05) is 65.2 Å². The average molecular weight is 568 g/mol. The minimum Gasteiger partial charge on any atom is -0.383 e. The Morgan fingerprint density at radius 3 is 2.39 bits per heavy atom. The van der Waals surface area contributed by atoms with Gasteiger partial charge in [-0.25, -0.2) is 4.39 Å². The van der Waals surface area contributed by atoms with Crippen molar-refractivity contribution in [2.75, 3.05) is 25.6 Å². The highest BCUT2D eigenvalue weighted by Gasteiger charge is 2.18. The van der Waals surface area contributed by atoms with Crippen LogP contribution in [0.25, 0.3) is 10.9 Å². The van der Waals surface area contributed by atoms with E-state index in [-0.39, 0.29) is 17.6 Å². The summed E-state index contributed by atoms with van der Waals surface area (Å²) in [5.41, 5.74) is 4.55. The lowest BCUT2D eigenvalue weighted by molar-refractivity contribution is 0.0928. The zero-order valence-corrected chi connectivity index (χ0v) is 23.4. The second-order valence-corrected chi connectivity index (χ2v) is 10.5. The van der Waals surface area contributed by atoms with Gasteiger partial charge in [-0.2, -0.15) is 0 Å². The molecule has 0 fully saturated rings. The van der Waals surface area contributed by atoms with E-state index < -0.39 is 0 Å². The highest BCUT2D eigenvalue weighted by molar-refractivity contribution is 7.98. The predicted molar refractivity (Wildman–Crippen MR) is 162 cm³/mol. The van der Waals surface area contributed by atoms with Crippen molar-refractivity contribution < 1.29 is 18.7 Å². The normalized spacial score (nSPS) is 11.0.